The van der Waals surface area contributed by atoms with Crippen LogP contribution in [-0.4, -0.2) is 0 Å². The molecule has 0 atom stereocenters. The molecule has 0 N–H and O–H groups in total. The summed E-state index contributed by atoms with van der Waals surface area (Å²) in [7, 11) is 0. The topological polar surface area (TPSA) is 0 Å². The van der Waals surface area contributed by atoms with Gasteiger partial charge >= 0.3 is 0 Å². The van der Waals surface area contributed by atoms with Gasteiger partial charge in [0.1, 0.15) is 0 Å². The Kier molecular flexibility index (Phi) is 1.34. The van der Waals surface area contributed by atoms with E-state index in [1.807, 2.05) is 0 Å². The van der Waals surface area contributed by atoms with E-state index in [9.17, 15) is 0 Å². The molecule has 0 unspecified atom stereocenters. The van der Waals surface area contributed by atoms with Gasteiger partial charge in [0, 0.05) is 1.43 Å². The van der Waals surface area contributed by atoms with E-state index in [0.717, 1.165) is 0 Å². The van der Waals surface area contributed by atoms with Crippen LogP contribution in [0.25, 0.3) is 0 Å². The summed E-state index contributed by atoms with van der Waals surface area (Å²) < 4.78 is 0. The smallest absolute Gasteiger partial charge is 0 e. The third-order valence-electron chi connectivity index (χ3n) is 1.43. The van der Waals surface area contributed by atoms with Crippen LogP contribution in [0.1, 0.15) is 12.6 Å². The maximum Gasteiger partial charge on any atom is 0 e. The van der Waals surface area contributed by atoms with Crippen LogP contribution in [0.15, 0.2) is 24.3 Å². The van der Waals surface area contributed by atoms with Crippen molar-refractivity contribution in [3.05, 3.63) is 35.4 Å². The lowest BCUT2D eigenvalue weighted by atomic mass is 10.1. The molecule has 0 radical (unpaired) electrons. The zero-order valence-corrected chi connectivity index (χ0v) is 5.31. The van der Waals surface area contributed by atoms with E-state index in [1.165, 1.54) is 11.1 Å². The van der Waals surface area contributed by atoms with E-state index >= 15 is 0 Å². The molecule has 0 fully saturated rings. The molecule has 0 aliphatic rings. The molecule has 0 saturated heterocycles. The lowest BCUT2D eigenvalue weighted by molar-refractivity contribution is 1.34. The van der Waals surface area contributed by atoms with Crippen molar-refractivity contribution < 1.29 is 1.43 Å². The maximum atomic E-state index is 2.12. The number of hydrogen-bond donors (Lipinski definition) is 0. The molecule has 0 amide bonds. The van der Waals surface area contributed by atoms with Crippen LogP contribution in [0.4, 0.5) is 0 Å². The van der Waals surface area contributed by atoms with Crippen molar-refractivity contribution >= 4 is 0 Å². The van der Waals surface area contributed by atoms with Crippen LogP contribution >= 0.6 is 0 Å². The van der Waals surface area contributed by atoms with Crippen LogP contribution in [0.2, 0.25) is 0 Å². The lowest BCUT2D eigenvalue weighted by Crippen LogP contribution is -1.74. The Hall–Kier alpha value is -0.780. The fourth-order valence-electron chi connectivity index (χ4n) is 0.663. The minimum atomic E-state index is 0. The summed E-state index contributed by atoms with van der Waals surface area (Å²) in [6.07, 6.45) is 0. The highest BCUT2D eigenvalue weighted by Crippen LogP contribution is 2.02. The molecular formula is C8H12. The van der Waals surface area contributed by atoms with Crippen LogP contribution in [0, 0.1) is 13.8 Å². The third kappa shape index (κ3) is 0.890. The number of benzene rings is 1. The van der Waals surface area contributed by atoms with Crippen LogP contribution < -0.4 is 0 Å². The number of hydrogen-bond acceptors (Lipinski definition) is 0. The summed E-state index contributed by atoms with van der Waals surface area (Å²) in [6.45, 7) is 4.24. The van der Waals surface area contributed by atoms with Crippen molar-refractivity contribution in [1.29, 1.82) is 0 Å². The van der Waals surface area contributed by atoms with Crippen molar-refractivity contribution in [1.82, 2.24) is 0 Å². The molecular weight excluding hydrogens is 96.1 g/mol. The monoisotopic (exact) mass is 108 g/mol. The van der Waals surface area contributed by atoms with E-state index in [2.05, 4.69) is 38.1 Å². The van der Waals surface area contributed by atoms with Gasteiger partial charge in [-0.3, -0.25) is 0 Å². The molecule has 0 nitrogen and oxygen atoms in total. The first kappa shape index (κ1) is 5.36. The zero-order chi connectivity index (χ0) is 5.98. The first-order valence-electron chi connectivity index (χ1n) is 2.83. The molecule has 0 spiro atoms. The molecule has 0 heteroatoms. The zero-order valence-electron chi connectivity index (χ0n) is 5.31. The van der Waals surface area contributed by atoms with Gasteiger partial charge in [-0.25, -0.2) is 0 Å². The Labute approximate surface area is 51.6 Å². The van der Waals surface area contributed by atoms with E-state index < -0.39 is 0 Å². The maximum absolute atomic E-state index is 2.12. The molecule has 0 heterocycles. The molecule has 1 aromatic carbocycles. The number of aryl methyl sites for hydroxylation is 2. The Morgan fingerprint density at radius 3 is 1.62 bits per heavy atom. The Morgan fingerprint density at radius 1 is 1.00 bits per heavy atom. The molecule has 0 bridgehead atoms. The highest BCUT2D eigenvalue weighted by molar-refractivity contribution is 5.23. The fraction of sp³-hybridized carbons (Fsp3) is 0.250. The second-order valence-corrected chi connectivity index (χ2v) is 2.08. The van der Waals surface area contributed by atoms with E-state index in [1.54, 1.807) is 0 Å². The van der Waals surface area contributed by atoms with Crippen molar-refractivity contribution in [2.24, 2.45) is 0 Å². The summed E-state index contributed by atoms with van der Waals surface area (Å²) in [5, 5.41) is 0. The molecule has 0 aromatic heterocycles. The second kappa shape index (κ2) is 1.99. The normalized spacial score (nSPS) is 9.25. The highest BCUT2D eigenvalue weighted by Gasteiger charge is 1.83. The second-order valence-electron chi connectivity index (χ2n) is 2.08. The minimum absolute atomic E-state index is 0. The van der Waals surface area contributed by atoms with Crippen LogP contribution in [0.3, 0.4) is 0 Å². The first-order chi connectivity index (χ1) is 3.80. The van der Waals surface area contributed by atoms with Gasteiger partial charge in [0.05, 0.1) is 0 Å². The van der Waals surface area contributed by atoms with Gasteiger partial charge in [0.15, 0.2) is 0 Å². The number of rotatable bonds is 0. The van der Waals surface area contributed by atoms with E-state index in [0.29, 0.717) is 0 Å². The summed E-state index contributed by atoms with van der Waals surface area (Å²) in [5.41, 5.74) is 2.74. The van der Waals surface area contributed by atoms with Gasteiger partial charge in [0.2, 0.25) is 0 Å². The summed E-state index contributed by atoms with van der Waals surface area (Å²) >= 11 is 0. The Morgan fingerprint density at radius 2 is 1.38 bits per heavy atom. The molecule has 0 saturated carbocycles. The van der Waals surface area contributed by atoms with Crippen LogP contribution in [0.5, 0.6) is 0 Å². The van der Waals surface area contributed by atoms with Crippen molar-refractivity contribution in [2.75, 3.05) is 0 Å². The van der Waals surface area contributed by atoms with E-state index in [4.69, 9.17) is 0 Å². The quantitative estimate of drug-likeness (QED) is 0.479. The molecule has 44 valence electrons. The third-order valence-corrected chi connectivity index (χ3v) is 1.43. The highest BCUT2D eigenvalue weighted by atomic mass is 13.9. The molecule has 8 heavy (non-hydrogen) atoms. The van der Waals surface area contributed by atoms with Gasteiger partial charge in [-0.15, -0.1) is 0 Å². The van der Waals surface area contributed by atoms with Crippen molar-refractivity contribution in [3.8, 4) is 0 Å². The fourth-order valence-corrected chi connectivity index (χ4v) is 0.663. The molecule has 0 aliphatic carbocycles. The van der Waals surface area contributed by atoms with Gasteiger partial charge in [0.25, 0.3) is 0 Å². The molecule has 1 aromatic rings. The van der Waals surface area contributed by atoms with Crippen LogP contribution in [-0.2, 0) is 0 Å². The average molecular weight is 108 g/mol. The van der Waals surface area contributed by atoms with Gasteiger partial charge in [-0.2, -0.15) is 0 Å². The van der Waals surface area contributed by atoms with Gasteiger partial charge in [-0.05, 0) is 25.0 Å². The standard InChI is InChI=1S/C8H10.H2/c1-7-5-3-4-6-8(7)2;/h3-6H,1-2H3;1H. The lowest BCUT2D eigenvalue weighted by Gasteiger charge is -1.93. The summed E-state index contributed by atoms with van der Waals surface area (Å²) in [4.78, 5) is 0. The largest absolute Gasteiger partial charge is 0.0620 e. The van der Waals surface area contributed by atoms with E-state index in [-0.39, 0.29) is 1.43 Å². The Bertz CT molecular complexity index is 161. The predicted molar refractivity (Wildman–Crippen MR) is 38.0 cm³/mol. The first-order valence-corrected chi connectivity index (χ1v) is 2.83. The van der Waals surface area contributed by atoms with Gasteiger partial charge in [-0.1, -0.05) is 24.3 Å². The van der Waals surface area contributed by atoms with Gasteiger partial charge < -0.3 is 0 Å². The predicted octanol–water partition coefficient (Wildman–Crippen LogP) is 2.55. The molecule has 0 aliphatic heterocycles. The minimum Gasteiger partial charge on any atom is -0.0620 e. The Balaban J connectivity index is 0.000000640. The molecule has 1 rings (SSSR count). The summed E-state index contributed by atoms with van der Waals surface area (Å²) in [5.74, 6) is 0. The summed E-state index contributed by atoms with van der Waals surface area (Å²) in [6, 6.07) is 8.36. The van der Waals surface area contributed by atoms with Crippen molar-refractivity contribution in [2.45, 2.75) is 13.8 Å². The average Bonchev–Trinajstić information content (AvgIpc) is 1.77. The SMILES string of the molecule is Cc1ccccc1C.[HH]. The van der Waals surface area contributed by atoms with Crippen molar-refractivity contribution in [3.63, 3.8) is 0 Å².